The van der Waals surface area contributed by atoms with E-state index in [1.165, 1.54) is 0 Å². The van der Waals surface area contributed by atoms with Crippen molar-refractivity contribution in [3.63, 3.8) is 0 Å². The first-order chi connectivity index (χ1) is 16.1. The van der Waals surface area contributed by atoms with Gasteiger partial charge < -0.3 is 20.1 Å². The van der Waals surface area contributed by atoms with Gasteiger partial charge in [0, 0.05) is 42.5 Å². The molecule has 2 fully saturated rings. The Kier molecular flexibility index (Phi) is 4.94. The molecule has 6 rings (SSSR count). The summed E-state index contributed by atoms with van der Waals surface area (Å²) in [5.74, 6) is 1.27. The number of phenolic OH excluding ortho intramolecular Hbond substituents is 1. The molecule has 3 aliphatic rings. The smallest absolute Gasteiger partial charge is 0.194 e. The summed E-state index contributed by atoms with van der Waals surface area (Å²) in [6, 6.07) is 7.27. The molecule has 0 amide bonds. The van der Waals surface area contributed by atoms with E-state index in [4.69, 9.17) is 4.74 Å². The lowest BCUT2D eigenvalue weighted by Crippen LogP contribution is -2.63. The first-order valence-corrected chi connectivity index (χ1v) is 11.6. The molecule has 4 atom stereocenters. The topological polar surface area (TPSA) is 88.3 Å². The molecule has 33 heavy (non-hydrogen) atoms. The Morgan fingerprint density at radius 3 is 2.91 bits per heavy atom. The molecule has 0 saturated carbocycles. The van der Waals surface area contributed by atoms with Gasteiger partial charge >= 0.3 is 0 Å². The van der Waals surface area contributed by atoms with Crippen molar-refractivity contribution in [3.8, 4) is 33.9 Å². The van der Waals surface area contributed by atoms with Crippen LogP contribution in [0.4, 0.5) is 10.2 Å². The number of nitrogens with one attached hydrogen (secondary N) is 1. The summed E-state index contributed by atoms with van der Waals surface area (Å²) in [6.07, 6.45) is 6.52. The molecule has 8 nitrogen and oxygen atoms in total. The van der Waals surface area contributed by atoms with Crippen LogP contribution in [0.25, 0.3) is 22.4 Å². The number of aryl methyl sites for hydroxylation is 1. The fourth-order valence-corrected chi connectivity index (χ4v) is 5.47. The molecule has 0 spiro atoms. The van der Waals surface area contributed by atoms with Crippen LogP contribution in [-0.4, -0.2) is 62.5 Å². The van der Waals surface area contributed by atoms with Crippen LogP contribution >= 0.6 is 0 Å². The highest BCUT2D eigenvalue weighted by Crippen LogP contribution is 2.40. The number of anilines is 1. The van der Waals surface area contributed by atoms with Gasteiger partial charge in [0.25, 0.3) is 0 Å². The lowest BCUT2D eigenvalue weighted by Gasteiger charge is -2.47. The second kappa shape index (κ2) is 7.98. The number of hydrogen-bond donors (Lipinski definition) is 2. The van der Waals surface area contributed by atoms with Crippen molar-refractivity contribution in [1.29, 1.82) is 0 Å². The maximum Gasteiger partial charge on any atom is 0.194 e. The van der Waals surface area contributed by atoms with E-state index < -0.39 is 6.17 Å². The minimum Gasteiger partial charge on any atom is -0.507 e. The Morgan fingerprint density at radius 1 is 1.18 bits per heavy atom. The lowest BCUT2D eigenvalue weighted by atomic mass is 9.82. The van der Waals surface area contributed by atoms with Crippen LogP contribution in [0.5, 0.6) is 11.5 Å². The normalized spacial score (nSPS) is 26.5. The summed E-state index contributed by atoms with van der Waals surface area (Å²) in [6.45, 7) is 1.06. The highest BCUT2D eigenvalue weighted by molar-refractivity contribution is 5.75. The summed E-state index contributed by atoms with van der Waals surface area (Å²) >= 11 is 0. The molecule has 0 aliphatic carbocycles. The van der Waals surface area contributed by atoms with E-state index in [-0.39, 0.29) is 17.8 Å². The number of phenols is 1. The zero-order valence-electron chi connectivity index (χ0n) is 18.5. The highest BCUT2D eigenvalue weighted by atomic mass is 19.1. The Balaban J connectivity index is 1.29. The first-order valence-electron chi connectivity index (χ1n) is 11.6. The predicted octanol–water partition coefficient (Wildman–Crippen LogP) is 3.07. The first kappa shape index (κ1) is 20.4. The van der Waals surface area contributed by atoms with Crippen molar-refractivity contribution in [2.75, 3.05) is 18.1 Å². The molecule has 3 aliphatic heterocycles. The molecule has 172 valence electrons. The number of fused-ring (bicyclic) bond motifs is 3. The predicted molar refractivity (Wildman–Crippen MR) is 122 cm³/mol. The number of piperidine rings is 2. The summed E-state index contributed by atoms with van der Waals surface area (Å²) in [5, 5.41) is 27.2. The Bertz CT molecular complexity index is 1180. The molecule has 1 aromatic carbocycles. The van der Waals surface area contributed by atoms with Gasteiger partial charge in [-0.05, 0) is 37.0 Å². The van der Waals surface area contributed by atoms with Crippen LogP contribution in [0.15, 0.2) is 36.7 Å². The minimum atomic E-state index is -0.946. The van der Waals surface area contributed by atoms with Gasteiger partial charge in [0.15, 0.2) is 11.6 Å². The Labute approximate surface area is 191 Å². The number of aromatic nitrogens is 4. The van der Waals surface area contributed by atoms with Crippen molar-refractivity contribution in [2.24, 2.45) is 7.05 Å². The van der Waals surface area contributed by atoms with E-state index in [1.807, 2.05) is 30.3 Å². The summed E-state index contributed by atoms with van der Waals surface area (Å²) in [4.78, 5) is 2.04. The fourth-order valence-electron chi connectivity index (χ4n) is 5.47. The quantitative estimate of drug-likeness (QED) is 0.634. The molecule has 0 unspecified atom stereocenters. The van der Waals surface area contributed by atoms with Gasteiger partial charge in [-0.1, -0.05) is 12.5 Å². The van der Waals surface area contributed by atoms with Gasteiger partial charge in [0.05, 0.1) is 18.8 Å². The molecule has 2 saturated heterocycles. The third-order valence-corrected chi connectivity index (χ3v) is 7.11. The Hall–Kier alpha value is -3.20. The number of ether oxygens (including phenoxy) is 1. The number of rotatable bonds is 3. The summed E-state index contributed by atoms with van der Waals surface area (Å²) < 4.78 is 23.0. The number of benzene rings is 1. The second-order valence-corrected chi connectivity index (χ2v) is 9.24. The standard InChI is InChI=1S/C24H27FN6O2/c1-30-13-15(12-26-30)14-5-6-17(21(32)9-14)19-11-22-24(29-28-19)31(7-8-33-22)20-10-16-3-2-4-18(27-16)23(20)25/h5-6,9,11-13,16,18,20,23,27,32H,2-4,7-8,10H2,1H3/t16-,18+,20-,23+/m0/s1. The molecule has 3 aromatic rings. The van der Waals surface area contributed by atoms with Crippen LogP contribution in [0.1, 0.15) is 25.7 Å². The zero-order valence-corrected chi connectivity index (χ0v) is 18.5. The molecule has 9 heteroatoms. The van der Waals surface area contributed by atoms with Gasteiger partial charge in [-0.3, -0.25) is 4.68 Å². The van der Waals surface area contributed by atoms with E-state index in [2.05, 4.69) is 20.6 Å². The van der Waals surface area contributed by atoms with E-state index in [9.17, 15) is 5.11 Å². The number of halogens is 1. The van der Waals surface area contributed by atoms with Crippen molar-refractivity contribution in [2.45, 2.75) is 50.0 Å². The van der Waals surface area contributed by atoms with Gasteiger partial charge in [-0.25, -0.2) is 4.39 Å². The van der Waals surface area contributed by atoms with Crippen molar-refractivity contribution in [1.82, 2.24) is 25.3 Å². The van der Waals surface area contributed by atoms with Crippen molar-refractivity contribution < 1.29 is 14.2 Å². The van der Waals surface area contributed by atoms with Gasteiger partial charge in [-0.2, -0.15) is 5.10 Å². The average molecular weight is 451 g/mol. The van der Waals surface area contributed by atoms with E-state index in [0.29, 0.717) is 42.0 Å². The molecule has 0 radical (unpaired) electrons. The summed E-state index contributed by atoms with van der Waals surface area (Å²) in [5.41, 5.74) is 2.87. The molecule has 2 N–H and O–H groups in total. The SMILES string of the molecule is Cn1cc(-c2ccc(-c3cc4c(nn3)N([C@H]3C[C@@H]5CCC[C@@H](N5)[C@H]3F)CCO4)c(O)c2)cn1. The van der Waals surface area contributed by atoms with E-state index >= 15 is 4.39 Å². The highest BCUT2D eigenvalue weighted by Gasteiger charge is 2.44. The van der Waals surface area contributed by atoms with Crippen LogP contribution in [0, 0.1) is 0 Å². The van der Waals surface area contributed by atoms with Crippen LogP contribution in [0.3, 0.4) is 0 Å². The molecular formula is C24H27FN6O2. The van der Waals surface area contributed by atoms with Crippen molar-refractivity contribution >= 4 is 5.82 Å². The zero-order chi connectivity index (χ0) is 22.5. The van der Waals surface area contributed by atoms with E-state index in [1.54, 1.807) is 23.0 Å². The maximum absolute atomic E-state index is 15.3. The second-order valence-electron chi connectivity index (χ2n) is 9.24. The molecule has 5 heterocycles. The monoisotopic (exact) mass is 450 g/mol. The third-order valence-electron chi connectivity index (χ3n) is 7.11. The van der Waals surface area contributed by atoms with Crippen LogP contribution in [-0.2, 0) is 7.05 Å². The number of aromatic hydroxyl groups is 1. The van der Waals surface area contributed by atoms with Crippen molar-refractivity contribution in [3.05, 3.63) is 36.7 Å². The van der Waals surface area contributed by atoms with E-state index in [0.717, 1.165) is 36.8 Å². The fraction of sp³-hybridized carbons (Fsp3) is 0.458. The molecule has 2 aromatic heterocycles. The van der Waals surface area contributed by atoms with Gasteiger partial charge in [0.1, 0.15) is 24.2 Å². The molecular weight excluding hydrogens is 423 g/mol. The lowest BCUT2D eigenvalue weighted by molar-refractivity contribution is 0.100. The average Bonchev–Trinajstić information content (AvgIpc) is 3.27. The summed E-state index contributed by atoms with van der Waals surface area (Å²) in [7, 11) is 1.85. The van der Waals surface area contributed by atoms with Gasteiger partial charge in [0.2, 0.25) is 0 Å². The largest absolute Gasteiger partial charge is 0.507 e. The third kappa shape index (κ3) is 3.60. The number of nitrogens with zero attached hydrogens (tertiary/aromatic N) is 5. The van der Waals surface area contributed by atoms with Crippen LogP contribution < -0.4 is 15.0 Å². The minimum absolute atomic E-state index is 0.0868. The number of alkyl halides is 1. The number of hydrogen-bond acceptors (Lipinski definition) is 7. The Morgan fingerprint density at radius 2 is 2.09 bits per heavy atom. The maximum atomic E-state index is 15.3. The molecule has 2 bridgehead atoms. The van der Waals surface area contributed by atoms with Crippen LogP contribution in [0.2, 0.25) is 0 Å². The van der Waals surface area contributed by atoms with Gasteiger partial charge in [-0.15, -0.1) is 10.2 Å².